The van der Waals surface area contributed by atoms with Crippen LogP contribution in [0.2, 0.25) is 0 Å². The summed E-state index contributed by atoms with van der Waals surface area (Å²) in [7, 11) is 1.73. The number of benzene rings is 1. The number of piperidine rings is 1. The van der Waals surface area contributed by atoms with Gasteiger partial charge < -0.3 is 10.5 Å². The van der Waals surface area contributed by atoms with Crippen LogP contribution in [0.25, 0.3) is 0 Å². The first-order chi connectivity index (χ1) is 8.67. The minimum atomic E-state index is 0.330. The van der Waals surface area contributed by atoms with E-state index in [1.807, 2.05) is 0 Å². The fourth-order valence-corrected chi connectivity index (χ4v) is 2.88. The quantitative estimate of drug-likeness (QED) is 0.885. The molecule has 1 fully saturated rings. The monoisotopic (exact) mass is 248 g/mol. The molecule has 2 unspecified atom stereocenters. The van der Waals surface area contributed by atoms with Crippen LogP contribution < -0.4 is 5.73 Å². The Morgan fingerprint density at radius 2 is 2.11 bits per heavy atom. The van der Waals surface area contributed by atoms with E-state index in [1.165, 1.54) is 11.1 Å². The molecule has 3 heteroatoms. The van der Waals surface area contributed by atoms with Crippen LogP contribution in [-0.4, -0.2) is 31.1 Å². The molecule has 0 amide bonds. The summed E-state index contributed by atoms with van der Waals surface area (Å²) in [5.74, 6) is 0.705. The minimum Gasteiger partial charge on any atom is -0.380 e. The van der Waals surface area contributed by atoms with Gasteiger partial charge in [-0.3, -0.25) is 4.90 Å². The molecule has 100 valence electrons. The zero-order valence-electron chi connectivity index (χ0n) is 11.4. The topological polar surface area (TPSA) is 38.5 Å². The first-order valence-corrected chi connectivity index (χ1v) is 6.72. The van der Waals surface area contributed by atoms with E-state index in [1.54, 1.807) is 7.11 Å². The second-order valence-electron chi connectivity index (χ2n) is 5.55. The molecule has 2 atom stereocenters. The first kappa shape index (κ1) is 13.5. The number of hydrogen-bond acceptors (Lipinski definition) is 3. The standard InChI is InChI=1S/C15H24N2O/c1-12-6-15(16)10-17(8-12)9-13-4-3-5-14(7-13)11-18-2/h3-5,7,12,15H,6,8-11,16H2,1-2H3. The molecule has 0 bridgehead atoms. The van der Waals surface area contributed by atoms with Gasteiger partial charge in [0.2, 0.25) is 0 Å². The van der Waals surface area contributed by atoms with Gasteiger partial charge in [0.15, 0.2) is 0 Å². The molecule has 1 aromatic carbocycles. The molecule has 1 aliphatic rings. The molecule has 2 rings (SSSR count). The van der Waals surface area contributed by atoms with Gasteiger partial charge in [-0.2, -0.15) is 0 Å². The van der Waals surface area contributed by atoms with E-state index in [0.717, 1.165) is 26.1 Å². The summed E-state index contributed by atoms with van der Waals surface area (Å²) in [6.45, 7) is 6.13. The Morgan fingerprint density at radius 3 is 2.83 bits per heavy atom. The zero-order valence-corrected chi connectivity index (χ0v) is 11.4. The van der Waals surface area contributed by atoms with Gasteiger partial charge in [-0.1, -0.05) is 31.2 Å². The lowest BCUT2D eigenvalue weighted by atomic mass is 9.96. The van der Waals surface area contributed by atoms with E-state index in [0.29, 0.717) is 18.6 Å². The fraction of sp³-hybridized carbons (Fsp3) is 0.600. The van der Waals surface area contributed by atoms with Gasteiger partial charge in [-0.05, 0) is 23.5 Å². The van der Waals surface area contributed by atoms with Crippen molar-refractivity contribution in [3.05, 3.63) is 35.4 Å². The molecule has 1 heterocycles. The summed E-state index contributed by atoms with van der Waals surface area (Å²) in [6.07, 6.45) is 1.15. The highest BCUT2D eigenvalue weighted by Crippen LogP contribution is 2.18. The summed E-state index contributed by atoms with van der Waals surface area (Å²) in [4.78, 5) is 2.46. The Hall–Kier alpha value is -0.900. The van der Waals surface area contributed by atoms with Gasteiger partial charge in [-0.15, -0.1) is 0 Å². The number of nitrogens with zero attached hydrogens (tertiary/aromatic N) is 1. The second kappa shape index (κ2) is 6.32. The van der Waals surface area contributed by atoms with Crippen LogP contribution in [0.15, 0.2) is 24.3 Å². The molecule has 1 aromatic rings. The van der Waals surface area contributed by atoms with Gasteiger partial charge in [0.05, 0.1) is 6.61 Å². The second-order valence-corrected chi connectivity index (χ2v) is 5.55. The summed E-state index contributed by atoms with van der Waals surface area (Å²) in [5.41, 5.74) is 8.68. The lowest BCUT2D eigenvalue weighted by Crippen LogP contribution is -2.45. The molecule has 18 heavy (non-hydrogen) atoms. The van der Waals surface area contributed by atoms with E-state index in [9.17, 15) is 0 Å². The average Bonchev–Trinajstić information content (AvgIpc) is 2.28. The van der Waals surface area contributed by atoms with Crippen LogP contribution in [0.1, 0.15) is 24.5 Å². The molecule has 2 N–H and O–H groups in total. The molecule has 0 spiro atoms. The minimum absolute atomic E-state index is 0.330. The predicted octanol–water partition coefficient (Wildman–Crippen LogP) is 2.00. The Morgan fingerprint density at radius 1 is 1.33 bits per heavy atom. The third kappa shape index (κ3) is 3.80. The molecule has 0 radical (unpaired) electrons. The highest BCUT2D eigenvalue weighted by atomic mass is 16.5. The molecule has 0 saturated carbocycles. The van der Waals surface area contributed by atoms with Gasteiger partial charge in [0.1, 0.15) is 0 Å². The molecule has 3 nitrogen and oxygen atoms in total. The normalized spacial score (nSPS) is 25.3. The molecule has 0 aliphatic carbocycles. The molecule has 0 aromatic heterocycles. The predicted molar refractivity (Wildman–Crippen MR) is 74.2 cm³/mol. The lowest BCUT2D eigenvalue weighted by molar-refractivity contribution is 0.158. The summed E-state index contributed by atoms with van der Waals surface area (Å²) >= 11 is 0. The molecular weight excluding hydrogens is 224 g/mol. The van der Waals surface area contributed by atoms with Crippen molar-refractivity contribution < 1.29 is 4.74 Å². The number of likely N-dealkylation sites (tertiary alicyclic amines) is 1. The number of ether oxygens (including phenoxy) is 1. The van der Waals surface area contributed by atoms with Crippen molar-refractivity contribution in [2.75, 3.05) is 20.2 Å². The molecule has 1 saturated heterocycles. The smallest absolute Gasteiger partial charge is 0.0713 e. The van der Waals surface area contributed by atoms with E-state index in [4.69, 9.17) is 10.5 Å². The summed E-state index contributed by atoms with van der Waals surface area (Å²) in [5, 5.41) is 0. The summed E-state index contributed by atoms with van der Waals surface area (Å²) in [6, 6.07) is 8.96. The van der Waals surface area contributed by atoms with Crippen molar-refractivity contribution in [3.8, 4) is 0 Å². The van der Waals surface area contributed by atoms with Crippen LogP contribution >= 0.6 is 0 Å². The van der Waals surface area contributed by atoms with Crippen LogP contribution in [0, 0.1) is 5.92 Å². The first-order valence-electron chi connectivity index (χ1n) is 6.72. The lowest BCUT2D eigenvalue weighted by Gasteiger charge is -2.34. The van der Waals surface area contributed by atoms with Crippen molar-refractivity contribution in [2.45, 2.75) is 32.5 Å². The van der Waals surface area contributed by atoms with E-state index < -0.39 is 0 Å². The van der Waals surface area contributed by atoms with Crippen molar-refractivity contribution >= 4 is 0 Å². The van der Waals surface area contributed by atoms with Crippen molar-refractivity contribution in [1.29, 1.82) is 0 Å². The SMILES string of the molecule is COCc1cccc(CN2CC(C)CC(N)C2)c1. The van der Waals surface area contributed by atoms with Gasteiger partial charge in [-0.25, -0.2) is 0 Å². The van der Waals surface area contributed by atoms with Gasteiger partial charge >= 0.3 is 0 Å². The number of rotatable bonds is 4. The van der Waals surface area contributed by atoms with Crippen LogP contribution in [-0.2, 0) is 17.9 Å². The zero-order chi connectivity index (χ0) is 13.0. The Kier molecular flexibility index (Phi) is 4.75. The molecule has 1 aliphatic heterocycles. The third-order valence-electron chi connectivity index (χ3n) is 3.48. The Bertz CT molecular complexity index is 371. The largest absolute Gasteiger partial charge is 0.380 e. The van der Waals surface area contributed by atoms with E-state index in [-0.39, 0.29) is 0 Å². The summed E-state index contributed by atoms with van der Waals surface area (Å²) < 4.78 is 5.17. The Balaban J connectivity index is 1.97. The molecular formula is C15H24N2O. The van der Waals surface area contributed by atoms with Crippen molar-refractivity contribution in [2.24, 2.45) is 11.7 Å². The maximum absolute atomic E-state index is 6.09. The number of hydrogen-bond donors (Lipinski definition) is 1. The van der Waals surface area contributed by atoms with E-state index in [2.05, 4.69) is 36.1 Å². The van der Waals surface area contributed by atoms with Crippen LogP contribution in [0.5, 0.6) is 0 Å². The number of nitrogens with two attached hydrogens (primary N) is 1. The highest BCUT2D eigenvalue weighted by Gasteiger charge is 2.21. The van der Waals surface area contributed by atoms with Crippen molar-refractivity contribution in [3.63, 3.8) is 0 Å². The maximum Gasteiger partial charge on any atom is 0.0713 e. The highest BCUT2D eigenvalue weighted by molar-refractivity contribution is 5.23. The van der Waals surface area contributed by atoms with Gasteiger partial charge in [0.25, 0.3) is 0 Å². The maximum atomic E-state index is 6.09. The van der Waals surface area contributed by atoms with E-state index >= 15 is 0 Å². The van der Waals surface area contributed by atoms with Crippen molar-refractivity contribution in [1.82, 2.24) is 4.90 Å². The van der Waals surface area contributed by atoms with Crippen LogP contribution in [0.3, 0.4) is 0 Å². The Labute approximate surface area is 110 Å². The fourth-order valence-electron chi connectivity index (χ4n) is 2.88. The average molecular weight is 248 g/mol. The van der Waals surface area contributed by atoms with Crippen LogP contribution in [0.4, 0.5) is 0 Å². The van der Waals surface area contributed by atoms with Gasteiger partial charge in [0, 0.05) is 32.8 Å². The number of methoxy groups -OCH3 is 1. The third-order valence-corrected chi connectivity index (χ3v) is 3.48.